The molecule has 1 amide bonds. The summed E-state index contributed by atoms with van der Waals surface area (Å²) in [5.74, 6) is 0.867. The van der Waals surface area contributed by atoms with Crippen LogP contribution in [0.2, 0.25) is 0 Å². The van der Waals surface area contributed by atoms with Crippen LogP contribution in [0.5, 0.6) is 11.5 Å². The molecule has 21 heavy (non-hydrogen) atoms. The quantitative estimate of drug-likeness (QED) is 0.891. The van der Waals surface area contributed by atoms with Gasteiger partial charge in [0.15, 0.2) is 0 Å². The number of hydrogen-bond donors (Lipinski definition) is 2. The van der Waals surface area contributed by atoms with Crippen LogP contribution >= 0.6 is 0 Å². The van der Waals surface area contributed by atoms with E-state index >= 15 is 0 Å². The van der Waals surface area contributed by atoms with E-state index in [1.54, 1.807) is 12.1 Å². The van der Waals surface area contributed by atoms with Gasteiger partial charge in [-0.2, -0.15) is 0 Å². The first-order chi connectivity index (χ1) is 10.1. The molecule has 0 aromatic heterocycles. The van der Waals surface area contributed by atoms with Crippen LogP contribution in [0.25, 0.3) is 0 Å². The number of phenols is 1. The summed E-state index contributed by atoms with van der Waals surface area (Å²) in [4.78, 5) is 12.4. The molecule has 2 aromatic rings. The van der Waals surface area contributed by atoms with E-state index in [9.17, 15) is 9.90 Å². The summed E-state index contributed by atoms with van der Waals surface area (Å²) in [5, 5.41) is 12.5. The Morgan fingerprint density at radius 1 is 1.29 bits per heavy atom. The molecule has 3 rings (SSSR count). The molecule has 2 N–H and O–H groups in total. The minimum Gasteiger partial charge on any atom is -0.508 e. The predicted molar refractivity (Wildman–Crippen MR) is 79.6 cm³/mol. The highest BCUT2D eigenvalue weighted by Gasteiger charge is 2.23. The second-order valence-corrected chi connectivity index (χ2v) is 5.20. The van der Waals surface area contributed by atoms with Gasteiger partial charge in [0.25, 0.3) is 5.91 Å². The van der Waals surface area contributed by atoms with Crippen molar-refractivity contribution in [3.05, 3.63) is 59.2 Å². The average Bonchev–Trinajstić information content (AvgIpc) is 2.47. The number of benzene rings is 2. The number of ether oxygens (including phenoxy) is 1. The predicted octanol–water partition coefficient (Wildman–Crippen LogP) is 2.95. The Bertz CT molecular complexity index is 681. The molecule has 2 aromatic carbocycles. The minimum absolute atomic E-state index is 0.0457. The third kappa shape index (κ3) is 2.70. The smallest absolute Gasteiger partial charge is 0.252 e. The summed E-state index contributed by atoms with van der Waals surface area (Å²) >= 11 is 0. The highest BCUT2D eigenvalue weighted by molar-refractivity contribution is 5.96. The Morgan fingerprint density at radius 2 is 2.10 bits per heavy atom. The summed E-state index contributed by atoms with van der Waals surface area (Å²) < 4.78 is 5.60. The molecule has 4 nitrogen and oxygen atoms in total. The van der Waals surface area contributed by atoms with E-state index in [4.69, 9.17) is 4.74 Å². The summed E-state index contributed by atoms with van der Waals surface area (Å²) in [6, 6.07) is 12.5. The number of phenolic OH excluding ortho intramolecular Hbond substituents is 1. The van der Waals surface area contributed by atoms with Crippen LogP contribution in [0.4, 0.5) is 0 Å². The largest absolute Gasteiger partial charge is 0.508 e. The van der Waals surface area contributed by atoms with E-state index < -0.39 is 0 Å². The number of nitrogens with one attached hydrogen (secondary N) is 1. The van der Waals surface area contributed by atoms with E-state index in [2.05, 4.69) is 5.32 Å². The molecular weight excluding hydrogens is 266 g/mol. The SMILES string of the molecule is Cc1cc(O)ccc1C(=O)NC1CCOc2ccccc21. The topological polar surface area (TPSA) is 58.6 Å². The zero-order chi connectivity index (χ0) is 14.8. The van der Waals surface area contributed by atoms with Crippen molar-refractivity contribution in [3.8, 4) is 11.5 Å². The number of amides is 1. The molecule has 4 heteroatoms. The lowest BCUT2D eigenvalue weighted by Gasteiger charge is -2.26. The maximum atomic E-state index is 12.4. The Kier molecular flexibility index (Phi) is 3.52. The van der Waals surface area contributed by atoms with Crippen LogP contribution in [-0.4, -0.2) is 17.6 Å². The van der Waals surface area contributed by atoms with Crippen molar-refractivity contribution in [1.82, 2.24) is 5.32 Å². The van der Waals surface area contributed by atoms with Gasteiger partial charge >= 0.3 is 0 Å². The molecule has 0 saturated carbocycles. The van der Waals surface area contributed by atoms with Gasteiger partial charge in [-0.1, -0.05) is 18.2 Å². The lowest BCUT2D eigenvalue weighted by atomic mass is 9.99. The summed E-state index contributed by atoms with van der Waals surface area (Å²) in [6.45, 7) is 2.41. The average molecular weight is 283 g/mol. The third-order valence-electron chi connectivity index (χ3n) is 3.72. The number of carbonyl (C=O) groups is 1. The zero-order valence-corrected chi connectivity index (χ0v) is 11.8. The molecule has 0 saturated heterocycles. The fraction of sp³-hybridized carbons (Fsp3) is 0.235. The number of hydrogen-bond acceptors (Lipinski definition) is 3. The van der Waals surface area contributed by atoms with Gasteiger partial charge in [-0.05, 0) is 36.8 Å². The van der Waals surface area contributed by atoms with Crippen LogP contribution in [-0.2, 0) is 0 Å². The van der Waals surface area contributed by atoms with Crippen LogP contribution < -0.4 is 10.1 Å². The monoisotopic (exact) mass is 283 g/mol. The molecule has 1 heterocycles. The molecule has 0 bridgehead atoms. The Labute approximate surface area is 123 Å². The van der Waals surface area contributed by atoms with Crippen molar-refractivity contribution in [2.24, 2.45) is 0 Å². The Morgan fingerprint density at radius 3 is 2.90 bits per heavy atom. The van der Waals surface area contributed by atoms with E-state index in [1.165, 1.54) is 6.07 Å². The lowest BCUT2D eigenvalue weighted by molar-refractivity contribution is 0.0924. The molecular formula is C17H17NO3. The van der Waals surface area contributed by atoms with Crippen molar-refractivity contribution < 1.29 is 14.6 Å². The molecule has 0 aliphatic carbocycles. The van der Waals surface area contributed by atoms with Crippen molar-refractivity contribution in [2.45, 2.75) is 19.4 Å². The standard InChI is InChI=1S/C17H17NO3/c1-11-10-12(19)6-7-13(11)17(20)18-15-8-9-21-16-5-3-2-4-14(15)16/h2-7,10,15,19H,8-9H2,1H3,(H,18,20). The molecule has 0 spiro atoms. The van der Waals surface area contributed by atoms with Gasteiger partial charge in [-0.3, -0.25) is 4.79 Å². The minimum atomic E-state index is -0.130. The number of fused-ring (bicyclic) bond motifs is 1. The molecule has 0 radical (unpaired) electrons. The van der Waals surface area contributed by atoms with Crippen LogP contribution in [0.15, 0.2) is 42.5 Å². The summed E-state index contributed by atoms with van der Waals surface area (Å²) in [6.07, 6.45) is 0.750. The highest BCUT2D eigenvalue weighted by atomic mass is 16.5. The Hall–Kier alpha value is -2.49. The van der Waals surface area contributed by atoms with Gasteiger partial charge in [-0.25, -0.2) is 0 Å². The molecule has 0 fully saturated rings. The molecule has 1 unspecified atom stereocenters. The van der Waals surface area contributed by atoms with Gasteiger partial charge in [-0.15, -0.1) is 0 Å². The second-order valence-electron chi connectivity index (χ2n) is 5.20. The fourth-order valence-corrected chi connectivity index (χ4v) is 2.63. The van der Waals surface area contributed by atoms with E-state index in [0.29, 0.717) is 12.2 Å². The second kappa shape index (κ2) is 5.48. The van der Waals surface area contributed by atoms with Crippen LogP contribution in [0.1, 0.15) is 33.9 Å². The lowest BCUT2D eigenvalue weighted by Crippen LogP contribution is -2.32. The molecule has 1 aliphatic heterocycles. The number of rotatable bonds is 2. The summed E-state index contributed by atoms with van der Waals surface area (Å²) in [7, 11) is 0. The van der Waals surface area contributed by atoms with E-state index in [0.717, 1.165) is 23.3 Å². The number of aryl methyl sites for hydroxylation is 1. The fourth-order valence-electron chi connectivity index (χ4n) is 2.63. The van der Waals surface area contributed by atoms with Gasteiger partial charge < -0.3 is 15.2 Å². The van der Waals surface area contributed by atoms with Gasteiger partial charge in [0.1, 0.15) is 11.5 Å². The van der Waals surface area contributed by atoms with Crippen LogP contribution in [0.3, 0.4) is 0 Å². The number of carbonyl (C=O) groups excluding carboxylic acids is 1. The van der Waals surface area contributed by atoms with Crippen LogP contribution in [0, 0.1) is 6.92 Å². The maximum Gasteiger partial charge on any atom is 0.252 e. The zero-order valence-electron chi connectivity index (χ0n) is 11.8. The molecule has 1 atom stereocenters. The molecule has 1 aliphatic rings. The first-order valence-corrected chi connectivity index (χ1v) is 6.97. The van der Waals surface area contributed by atoms with E-state index in [-0.39, 0.29) is 17.7 Å². The molecule has 108 valence electrons. The summed E-state index contributed by atoms with van der Waals surface area (Å²) in [5.41, 5.74) is 2.35. The first kappa shape index (κ1) is 13.5. The third-order valence-corrected chi connectivity index (χ3v) is 3.72. The van der Waals surface area contributed by atoms with E-state index in [1.807, 2.05) is 31.2 Å². The van der Waals surface area contributed by atoms with Crippen molar-refractivity contribution in [3.63, 3.8) is 0 Å². The van der Waals surface area contributed by atoms with Crippen molar-refractivity contribution in [1.29, 1.82) is 0 Å². The Balaban J connectivity index is 1.83. The van der Waals surface area contributed by atoms with Gasteiger partial charge in [0, 0.05) is 17.5 Å². The van der Waals surface area contributed by atoms with Crippen molar-refractivity contribution in [2.75, 3.05) is 6.61 Å². The normalized spacial score (nSPS) is 16.7. The maximum absolute atomic E-state index is 12.4. The highest BCUT2D eigenvalue weighted by Crippen LogP contribution is 2.31. The van der Waals surface area contributed by atoms with Gasteiger partial charge in [0.2, 0.25) is 0 Å². The van der Waals surface area contributed by atoms with Crippen molar-refractivity contribution >= 4 is 5.91 Å². The number of aromatic hydroxyl groups is 1. The first-order valence-electron chi connectivity index (χ1n) is 6.97. The number of para-hydroxylation sites is 1. The van der Waals surface area contributed by atoms with Gasteiger partial charge in [0.05, 0.1) is 12.6 Å².